The number of rotatable bonds is 4. The molecule has 1 aromatic rings. The van der Waals surface area contributed by atoms with Crippen LogP contribution >= 0.6 is 0 Å². The molecule has 0 heterocycles. The molecular weight excluding hydrogens is 256 g/mol. The van der Waals surface area contributed by atoms with E-state index >= 15 is 0 Å². The second kappa shape index (κ2) is 6.96. The summed E-state index contributed by atoms with van der Waals surface area (Å²) in [5, 5.41) is 10.7. The van der Waals surface area contributed by atoms with Crippen LogP contribution in [0.1, 0.15) is 77.0 Å². The lowest BCUT2D eigenvalue weighted by atomic mass is 9.68. The van der Waals surface area contributed by atoms with E-state index in [9.17, 15) is 5.11 Å². The second-order valence-electron chi connectivity index (χ2n) is 7.92. The lowest BCUT2D eigenvalue weighted by Gasteiger charge is -2.38. The predicted molar refractivity (Wildman–Crippen MR) is 90.3 cm³/mol. The van der Waals surface area contributed by atoms with Crippen LogP contribution in [0, 0.1) is 17.3 Å². The minimum Gasteiger partial charge on any atom is -0.388 e. The van der Waals surface area contributed by atoms with Crippen LogP contribution in [-0.4, -0.2) is 5.11 Å². The third-order valence-electron chi connectivity index (χ3n) is 5.27. The smallest absolute Gasteiger partial charge is 0.0818 e. The van der Waals surface area contributed by atoms with E-state index in [4.69, 9.17) is 0 Å². The van der Waals surface area contributed by atoms with Crippen molar-refractivity contribution in [1.82, 2.24) is 0 Å². The number of hydrogen-bond donors (Lipinski definition) is 1. The highest BCUT2D eigenvalue weighted by molar-refractivity contribution is 5.25. The molecule has 0 aromatic heterocycles. The molecular formula is C20H32O. The molecule has 1 aliphatic carbocycles. The Morgan fingerprint density at radius 3 is 2.38 bits per heavy atom. The van der Waals surface area contributed by atoms with Gasteiger partial charge in [0.1, 0.15) is 0 Å². The van der Waals surface area contributed by atoms with E-state index in [1.807, 2.05) is 0 Å². The van der Waals surface area contributed by atoms with E-state index in [-0.39, 0.29) is 6.10 Å². The monoisotopic (exact) mass is 288 g/mol. The Morgan fingerprint density at radius 1 is 1.14 bits per heavy atom. The molecule has 0 aliphatic heterocycles. The molecule has 1 nitrogen and oxygen atoms in total. The summed E-state index contributed by atoms with van der Waals surface area (Å²) in [5.74, 6) is 1.26. The van der Waals surface area contributed by atoms with E-state index in [2.05, 4.69) is 52.0 Å². The first-order chi connectivity index (χ1) is 9.91. The van der Waals surface area contributed by atoms with E-state index in [0.717, 1.165) is 24.3 Å². The fourth-order valence-corrected chi connectivity index (χ4v) is 3.79. The van der Waals surface area contributed by atoms with Gasteiger partial charge in [-0.15, -0.1) is 0 Å². The van der Waals surface area contributed by atoms with Crippen molar-refractivity contribution >= 4 is 0 Å². The van der Waals surface area contributed by atoms with Gasteiger partial charge in [0.2, 0.25) is 0 Å². The largest absolute Gasteiger partial charge is 0.388 e. The summed E-state index contributed by atoms with van der Waals surface area (Å²) in [6.45, 7) is 9.25. The summed E-state index contributed by atoms with van der Waals surface area (Å²) >= 11 is 0. The van der Waals surface area contributed by atoms with Gasteiger partial charge in [0, 0.05) is 0 Å². The molecule has 1 heteroatoms. The number of aliphatic hydroxyl groups excluding tert-OH is 1. The molecule has 1 fully saturated rings. The van der Waals surface area contributed by atoms with Crippen LogP contribution in [0.3, 0.4) is 0 Å². The Labute approximate surface area is 130 Å². The molecule has 1 unspecified atom stereocenters. The summed E-state index contributed by atoms with van der Waals surface area (Å²) in [6.07, 6.45) is 6.86. The normalized spacial score (nSPS) is 24.8. The fourth-order valence-electron chi connectivity index (χ4n) is 3.79. The zero-order valence-electron chi connectivity index (χ0n) is 14.2. The molecule has 1 atom stereocenters. The molecule has 2 rings (SSSR count). The van der Waals surface area contributed by atoms with Crippen LogP contribution in [0.5, 0.6) is 0 Å². The van der Waals surface area contributed by atoms with E-state index in [1.54, 1.807) is 0 Å². The lowest BCUT2D eigenvalue weighted by Crippen LogP contribution is -2.28. The molecule has 118 valence electrons. The van der Waals surface area contributed by atoms with Crippen molar-refractivity contribution in [2.45, 2.75) is 72.3 Å². The van der Waals surface area contributed by atoms with Crippen molar-refractivity contribution in [2.24, 2.45) is 17.3 Å². The molecule has 0 amide bonds. The lowest BCUT2D eigenvalue weighted by molar-refractivity contribution is 0.0528. The van der Waals surface area contributed by atoms with Gasteiger partial charge in [-0.1, -0.05) is 58.4 Å². The van der Waals surface area contributed by atoms with Crippen LogP contribution in [-0.2, 0) is 6.42 Å². The zero-order valence-corrected chi connectivity index (χ0v) is 14.2. The average molecular weight is 288 g/mol. The molecule has 0 bridgehead atoms. The van der Waals surface area contributed by atoms with Crippen LogP contribution in [0.25, 0.3) is 0 Å². The van der Waals surface area contributed by atoms with Crippen LogP contribution in [0.2, 0.25) is 0 Å². The minimum absolute atomic E-state index is 0.275. The van der Waals surface area contributed by atoms with Crippen LogP contribution < -0.4 is 0 Å². The van der Waals surface area contributed by atoms with Gasteiger partial charge in [0.15, 0.2) is 0 Å². The highest BCUT2D eigenvalue weighted by Crippen LogP contribution is 2.43. The van der Waals surface area contributed by atoms with Crippen molar-refractivity contribution in [3.63, 3.8) is 0 Å². The predicted octanol–water partition coefficient (Wildman–Crippen LogP) is 5.53. The number of hydrogen-bond acceptors (Lipinski definition) is 1. The van der Waals surface area contributed by atoms with E-state index in [1.165, 1.54) is 31.2 Å². The van der Waals surface area contributed by atoms with Gasteiger partial charge in [0.25, 0.3) is 0 Å². The topological polar surface area (TPSA) is 20.2 Å². The number of benzene rings is 1. The molecule has 1 aliphatic rings. The highest BCUT2D eigenvalue weighted by atomic mass is 16.3. The zero-order chi connectivity index (χ0) is 15.5. The van der Waals surface area contributed by atoms with Crippen LogP contribution in [0.4, 0.5) is 0 Å². The third kappa shape index (κ3) is 4.32. The summed E-state index contributed by atoms with van der Waals surface area (Å²) in [7, 11) is 0. The maximum Gasteiger partial charge on any atom is 0.0818 e. The fraction of sp³-hybridized carbons (Fsp3) is 0.700. The van der Waals surface area contributed by atoms with Crippen molar-refractivity contribution in [1.29, 1.82) is 0 Å². The van der Waals surface area contributed by atoms with E-state index in [0.29, 0.717) is 11.3 Å². The molecule has 0 spiro atoms. The molecule has 1 N–H and O–H groups in total. The SMILES string of the molecule is CCCc1cccc(C(O)C2CCC(C(C)(C)C)CC2)c1. The number of aryl methyl sites for hydroxylation is 1. The highest BCUT2D eigenvalue weighted by Gasteiger charge is 2.32. The third-order valence-corrected chi connectivity index (χ3v) is 5.27. The van der Waals surface area contributed by atoms with Gasteiger partial charge < -0.3 is 5.11 Å². The Hall–Kier alpha value is -0.820. The maximum atomic E-state index is 10.7. The average Bonchev–Trinajstić information content (AvgIpc) is 2.46. The van der Waals surface area contributed by atoms with Gasteiger partial charge in [0.05, 0.1) is 6.10 Å². The molecule has 1 aromatic carbocycles. The first kappa shape index (κ1) is 16.5. The Bertz CT molecular complexity index is 435. The molecule has 0 radical (unpaired) electrons. The van der Waals surface area contributed by atoms with Crippen molar-refractivity contribution < 1.29 is 5.11 Å². The maximum absolute atomic E-state index is 10.7. The summed E-state index contributed by atoms with van der Waals surface area (Å²) in [6, 6.07) is 8.59. The summed E-state index contributed by atoms with van der Waals surface area (Å²) < 4.78 is 0. The second-order valence-corrected chi connectivity index (χ2v) is 7.92. The Kier molecular flexibility index (Phi) is 5.48. The Balaban J connectivity index is 1.98. The van der Waals surface area contributed by atoms with Gasteiger partial charge in [-0.2, -0.15) is 0 Å². The first-order valence-electron chi connectivity index (χ1n) is 8.68. The summed E-state index contributed by atoms with van der Waals surface area (Å²) in [5.41, 5.74) is 2.90. The van der Waals surface area contributed by atoms with Gasteiger partial charge >= 0.3 is 0 Å². The van der Waals surface area contributed by atoms with Crippen molar-refractivity contribution in [3.05, 3.63) is 35.4 Å². The van der Waals surface area contributed by atoms with Crippen molar-refractivity contribution in [3.8, 4) is 0 Å². The van der Waals surface area contributed by atoms with E-state index < -0.39 is 0 Å². The molecule has 1 saturated carbocycles. The Morgan fingerprint density at radius 2 is 1.81 bits per heavy atom. The number of aliphatic hydroxyl groups is 1. The minimum atomic E-state index is -0.275. The summed E-state index contributed by atoms with van der Waals surface area (Å²) in [4.78, 5) is 0. The molecule has 21 heavy (non-hydrogen) atoms. The standard InChI is InChI=1S/C20H32O/c1-5-7-15-8-6-9-17(14-15)19(21)16-10-12-18(13-11-16)20(2,3)4/h6,8-9,14,16,18-19,21H,5,7,10-13H2,1-4H3. The van der Waals surface area contributed by atoms with Gasteiger partial charge in [-0.05, 0) is 60.5 Å². The van der Waals surface area contributed by atoms with Crippen molar-refractivity contribution in [2.75, 3.05) is 0 Å². The van der Waals surface area contributed by atoms with Gasteiger partial charge in [-0.25, -0.2) is 0 Å². The van der Waals surface area contributed by atoms with Gasteiger partial charge in [-0.3, -0.25) is 0 Å². The quantitative estimate of drug-likeness (QED) is 0.773. The first-order valence-corrected chi connectivity index (χ1v) is 8.68. The molecule has 0 saturated heterocycles. The van der Waals surface area contributed by atoms with Crippen LogP contribution in [0.15, 0.2) is 24.3 Å².